The highest BCUT2D eigenvalue weighted by Gasteiger charge is 2.44. The molecule has 0 saturated heterocycles. The lowest BCUT2D eigenvalue weighted by Crippen LogP contribution is -2.29. The summed E-state index contributed by atoms with van der Waals surface area (Å²) in [5, 5.41) is 10.6. The number of aromatic hydroxyl groups is 1. The minimum atomic E-state index is -0.908. The fourth-order valence-electron chi connectivity index (χ4n) is 4.12. The van der Waals surface area contributed by atoms with E-state index in [0.29, 0.717) is 22.9 Å². The van der Waals surface area contributed by atoms with Crippen LogP contribution in [0.15, 0.2) is 69.9 Å². The molecule has 1 N–H and O–H groups in total. The van der Waals surface area contributed by atoms with Crippen LogP contribution in [0, 0.1) is 5.82 Å². The first-order chi connectivity index (χ1) is 15.9. The maximum absolute atomic E-state index is 13.9. The Bertz CT molecular complexity index is 1480. The van der Waals surface area contributed by atoms with Gasteiger partial charge in [0.15, 0.2) is 16.9 Å². The van der Waals surface area contributed by atoms with Gasteiger partial charge in [-0.3, -0.25) is 14.5 Å². The zero-order valence-electron chi connectivity index (χ0n) is 17.3. The van der Waals surface area contributed by atoms with Gasteiger partial charge in [-0.25, -0.2) is 4.39 Å². The summed E-state index contributed by atoms with van der Waals surface area (Å²) < 4.78 is 25.2. The Morgan fingerprint density at radius 3 is 2.70 bits per heavy atom. The Kier molecular flexibility index (Phi) is 5.06. The minimum absolute atomic E-state index is 0.0308. The minimum Gasteiger partial charge on any atom is -0.504 e. The molecule has 1 atom stereocenters. The molecule has 1 unspecified atom stereocenters. The third-order valence-electron chi connectivity index (χ3n) is 5.52. The van der Waals surface area contributed by atoms with Gasteiger partial charge < -0.3 is 14.3 Å². The van der Waals surface area contributed by atoms with E-state index in [1.807, 2.05) is 0 Å². The number of fused-ring (bicyclic) bond motifs is 2. The van der Waals surface area contributed by atoms with E-state index in [4.69, 9.17) is 20.8 Å². The van der Waals surface area contributed by atoms with Gasteiger partial charge in [-0.2, -0.15) is 0 Å². The monoisotopic (exact) mass is 465 g/mol. The molecule has 1 amide bonds. The number of carbonyl (C=O) groups is 1. The normalized spacial score (nSPS) is 15.2. The van der Waals surface area contributed by atoms with Crippen LogP contribution in [-0.2, 0) is 0 Å². The number of halogens is 2. The molecule has 2 heterocycles. The molecule has 3 aromatic carbocycles. The van der Waals surface area contributed by atoms with Crippen LogP contribution in [0.3, 0.4) is 0 Å². The Balaban J connectivity index is 1.81. The highest BCUT2D eigenvalue weighted by atomic mass is 35.5. The summed E-state index contributed by atoms with van der Waals surface area (Å²) in [6, 6.07) is 13.9. The predicted molar refractivity (Wildman–Crippen MR) is 122 cm³/mol. The number of benzene rings is 3. The molecule has 0 spiro atoms. The van der Waals surface area contributed by atoms with Crippen molar-refractivity contribution in [1.82, 2.24) is 0 Å². The number of rotatable bonds is 4. The number of nitrogens with zero attached hydrogens (tertiary/aromatic N) is 1. The second-order valence-electron chi connectivity index (χ2n) is 7.53. The van der Waals surface area contributed by atoms with Crippen molar-refractivity contribution in [3.8, 4) is 11.5 Å². The summed E-state index contributed by atoms with van der Waals surface area (Å²) in [5.41, 5.74) is 0.628. The third kappa shape index (κ3) is 3.41. The van der Waals surface area contributed by atoms with Crippen LogP contribution in [-0.4, -0.2) is 17.6 Å². The number of hydrogen-bond donors (Lipinski definition) is 1. The smallest absolute Gasteiger partial charge is 0.295 e. The average Bonchev–Trinajstić information content (AvgIpc) is 3.08. The van der Waals surface area contributed by atoms with Crippen LogP contribution >= 0.6 is 11.6 Å². The van der Waals surface area contributed by atoms with Crippen molar-refractivity contribution in [2.24, 2.45) is 0 Å². The second kappa shape index (κ2) is 7.94. The zero-order valence-corrected chi connectivity index (χ0v) is 18.1. The summed E-state index contributed by atoms with van der Waals surface area (Å²) in [6.07, 6.45) is 0. The lowest BCUT2D eigenvalue weighted by Gasteiger charge is -2.26. The van der Waals surface area contributed by atoms with Crippen molar-refractivity contribution < 1.29 is 23.4 Å². The summed E-state index contributed by atoms with van der Waals surface area (Å²) in [6.45, 7) is 2.08. The van der Waals surface area contributed by atoms with Gasteiger partial charge in [0.1, 0.15) is 11.4 Å². The molecule has 1 aromatic heterocycles. The highest BCUT2D eigenvalue weighted by Crippen LogP contribution is 2.43. The van der Waals surface area contributed by atoms with Gasteiger partial charge in [-0.05, 0) is 61.0 Å². The molecule has 166 valence electrons. The van der Waals surface area contributed by atoms with E-state index >= 15 is 0 Å². The van der Waals surface area contributed by atoms with Crippen molar-refractivity contribution in [1.29, 1.82) is 0 Å². The van der Waals surface area contributed by atoms with Gasteiger partial charge in [0.05, 0.1) is 23.6 Å². The van der Waals surface area contributed by atoms with E-state index in [-0.39, 0.29) is 33.8 Å². The molecule has 0 bridgehead atoms. The molecule has 4 aromatic rings. The van der Waals surface area contributed by atoms with E-state index in [9.17, 15) is 19.1 Å². The Morgan fingerprint density at radius 1 is 1.12 bits per heavy atom. The van der Waals surface area contributed by atoms with Gasteiger partial charge >= 0.3 is 0 Å². The maximum atomic E-state index is 13.9. The predicted octanol–water partition coefficient (Wildman–Crippen LogP) is 5.44. The zero-order chi connectivity index (χ0) is 23.3. The lowest BCUT2D eigenvalue weighted by atomic mass is 9.97. The summed E-state index contributed by atoms with van der Waals surface area (Å²) in [7, 11) is 0. The molecule has 0 saturated carbocycles. The molecule has 0 radical (unpaired) electrons. The molecule has 1 aliphatic heterocycles. The molecule has 5 rings (SSSR count). The number of hydrogen-bond acceptors (Lipinski definition) is 5. The van der Waals surface area contributed by atoms with Crippen molar-refractivity contribution >= 4 is 34.2 Å². The van der Waals surface area contributed by atoms with Crippen LogP contribution < -0.4 is 15.1 Å². The fourth-order valence-corrected chi connectivity index (χ4v) is 4.31. The van der Waals surface area contributed by atoms with Crippen LogP contribution in [0.1, 0.15) is 34.6 Å². The van der Waals surface area contributed by atoms with Crippen LogP contribution in [0.5, 0.6) is 11.5 Å². The van der Waals surface area contributed by atoms with Crippen LogP contribution in [0.2, 0.25) is 5.02 Å². The molecular weight excluding hydrogens is 449 g/mol. The van der Waals surface area contributed by atoms with Gasteiger partial charge in [0.2, 0.25) is 5.76 Å². The molecule has 0 aliphatic carbocycles. The van der Waals surface area contributed by atoms with Crippen molar-refractivity contribution in [3.05, 3.63) is 98.6 Å². The standard InChI is InChI=1S/C25H17ClFNO5/c1-2-32-20-10-13(6-8-18(20)29)22-21-23(30)17-12-15(27)7-9-19(17)33-24(21)25(31)28(22)16-5-3-4-14(26)11-16/h3-12,22,29H,2H2,1H3. The maximum Gasteiger partial charge on any atom is 0.295 e. The SMILES string of the molecule is CCOc1cc(C2c3c(oc4ccc(F)cc4c3=O)C(=O)N2c2cccc(Cl)c2)ccc1O. The van der Waals surface area contributed by atoms with E-state index < -0.39 is 23.2 Å². The topological polar surface area (TPSA) is 80.0 Å². The van der Waals surface area contributed by atoms with Crippen molar-refractivity contribution in [3.63, 3.8) is 0 Å². The van der Waals surface area contributed by atoms with Gasteiger partial charge in [0, 0.05) is 10.7 Å². The molecule has 0 fully saturated rings. The molecule has 1 aliphatic rings. The van der Waals surface area contributed by atoms with E-state index in [1.165, 1.54) is 17.0 Å². The second-order valence-corrected chi connectivity index (χ2v) is 7.97. The first-order valence-corrected chi connectivity index (χ1v) is 10.6. The molecule has 33 heavy (non-hydrogen) atoms. The van der Waals surface area contributed by atoms with Gasteiger partial charge in [-0.15, -0.1) is 0 Å². The summed E-state index contributed by atoms with van der Waals surface area (Å²) >= 11 is 6.18. The summed E-state index contributed by atoms with van der Waals surface area (Å²) in [4.78, 5) is 28.4. The van der Waals surface area contributed by atoms with Crippen molar-refractivity contribution in [2.75, 3.05) is 11.5 Å². The fraction of sp³-hybridized carbons (Fsp3) is 0.120. The van der Waals surface area contributed by atoms with Crippen LogP contribution in [0.25, 0.3) is 11.0 Å². The van der Waals surface area contributed by atoms with E-state index in [1.54, 1.807) is 43.3 Å². The highest BCUT2D eigenvalue weighted by molar-refractivity contribution is 6.31. The third-order valence-corrected chi connectivity index (χ3v) is 5.75. The Morgan fingerprint density at radius 2 is 1.94 bits per heavy atom. The average molecular weight is 466 g/mol. The van der Waals surface area contributed by atoms with E-state index in [2.05, 4.69) is 0 Å². The van der Waals surface area contributed by atoms with Gasteiger partial charge in [-0.1, -0.05) is 23.7 Å². The summed E-state index contributed by atoms with van der Waals surface area (Å²) in [5.74, 6) is -1.13. The quantitative estimate of drug-likeness (QED) is 0.434. The number of ether oxygens (including phenoxy) is 1. The Labute approximate surface area is 192 Å². The number of phenols is 1. The first kappa shape index (κ1) is 21.0. The number of amides is 1. The molecule has 8 heteroatoms. The van der Waals surface area contributed by atoms with E-state index in [0.717, 1.165) is 12.1 Å². The molecular formula is C25H17ClFNO5. The van der Waals surface area contributed by atoms with Crippen LogP contribution in [0.4, 0.5) is 10.1 Å². The largest absolute Gasteiger partial charge is 0.504 e. The number of anilines is 1. The number of phenolic OH excluding ortho intramolecular Hbond substituents is 1. The number of carbonyl (C=O) groups excluding carboxylic acids is 1. The Hall–Kier alpha value is -3.84. The lowest BCUT2D eigenvalue weighted by molar-refractivity contribution is 0.0971. The first-order valence-electron chi connectivity index (χ1n) is 10.2. The molecule has 6 nitrogen and oxygen atoms in total. The van der Waals surface area contributed by atoms with Gasteiger partial charge in [0.25, 0.3) is 5.91 Å². The van der Waals surface area contributed by atoms with Crippen molar-refractivity contribution in [2.45, 2.75) is 13.0 Å².